The average Bonchev–Trinajstić information content (AvgIpc) is 3.10. The van der Waals surface area contributed by atoms with Gasteiger partial charge in [-0.1, -0.05) is 23.8 Å². The van der Waals surface area contributed by atoms with Crippen molar-refractivity contribution in [1.82, 2.24) is 9.78 Å². The number of nitrogens with zero attached hydrogens (tertiary/aromatic N) is 3. The van der Waals surface area contributed by atoms with Crippen LogP contribution in [0.1, 0.15) is 28.6 Å². The summed E-state index contributed by atoms with van der Waals surface area (Å²) in [5.41, 5.74) is 9.68. The average molecular weight is 374 g/mol. The van der Waals surface area contributed by atoms with E-state index in [0.29, 0.717) is 0 Å². The highest BCUT2D eigenvalue weighted by molar-refractivity contribution is 5.82. The van der Waals surface area contributed by atoms with E-state index in [1.807, 2.05) is 0 Å². The fraction of sp³-hybridized carbons (Fsp3) is 0.348. The molecule has 0 saturated carbocycles. The monoisotopic (exact) mass is 374 g/mol. The number of rotatable bonds is 2. The van der Waals surface area contributed by atoms with E-state index in [4.69, 9.17) is 9.84 Å². The number of aryl methyl sites for hydroxylation is 3. The summed E-state index contributed by atoms with van der Waals surface area (Å²) in [4.78, 5) is 2.38. The highest BCUT2D eigenvalue weighted by Gasteiger charge is 2.27. The molecule has 3 aromatic rings. The molecule has 0 aliphatic carbocycles. The Morgan fingerprint density at radius 1 is 1.00 bits per heavy atom. The maximum atomic E-state index is 5.47. The summed E-state index contributed by atoms with van der Waals surface area (Å²) in [5, 5.41) is 8.55. The van der Waals surface area contributed by atoms with Gasteiger partial charge in [0.1, 0.15) is 6.17 Å². The third-order valence-electron chi connectivity index (χ3n) is 5.72. The Hall–Kier alpha value is -2.79. The van der Waals surface area contributed by atoms with Crippen LogP contribution < -0.4 is 10.2 Å². The Morgan fingerprint density at radius 2 is 1.75 bits per heavy atom. The van der Waals surface area contributed by atoms with Crippen molar-refractivity contribution < 1.29 is 4.74 Å². The zero-order valence-corrected chi connectivity index (χ0v) is 16.7. The van der Waals surface area contributed by atoms with Gasteiger partial charge in [0.15, 0.2) is 0 Å². The van der Waals surface area contributed by atoms with Gasteiger partial charge in [-0.2, -0.15) is 5.10 Å². The first kappa shape index (κ1) is 17.3. The van der Waals surface area contributed by atoms with E-state index in [9.17, 15) is 0 Å². The largest absolute Gasteiger partial charge is 0.378 e. The van der Waals surface area contributed by atoms with Gasteiger partial charge >= 0.3 is 0 Å². The lowest BCUT2D eigenvalue weighted by Crippen LogP contribution is -2.36. The van der Waals surface area contributed by atoms with Crippen molar-refractivity contribution in [1.29, 1.82) is 0 Å². The van der Waals surface area contributed by atoms with Crippen LogP contribution in [0.25, 0.3) is 11.3 Å². The first-order valence-corrected chi connectivity index (χ1v) is 9.97. The number of anilines is 2. The van der Waals surface area contributed by atoms with Crippen molar-refractivity contribution in [3.8, 4) is 11.3 Å². The van der Waals surface area contributed by atoms with E-state index in [0.717, 1.165) is 32.0 Å². The molecule has 1 fully saturated rings. The summed E-state index contributed by atoms with van der Waals surface area (Å²) in [6.07, 6.45) is -0.00338. The summed E-state index contributed by atoms with van der Waals surface area (Å²) >= 11 is 0. The summed E-state index contributed by atoms with van der Waals surface area (Å²) in [6, 6.07) is 15.6. The van der Waals surface area contributed by atoms with Crippen molar-refractivity contribution in [3.05, 3.63) is 64.8 Å². The Morgan fingerprint density at radius 3 is 2.50 bits per heavy atom. The number of nitrogens with one attached hydrogen (secondary N) is 1. The quantitative estimate of drug-likeness (QED) is 0.727. The van der Waals surface area contributed by atoms with Crippen molar-refractivity contribution in [3.63, 3.8) is 0 Å². The van der Waals surface area contributed by atoms with E-state index in [2.05, 4.69) is 78.1 Å². The number of aromatic nitrogens is 2. The molecule has 0 unspecified atom stereocenters. The van der Waals surface area contributed by atoms with Gasteiger partial charge in [0.05, 0.1) is 24.6 Å². The minimum atomic E-state index is -0.00338. The van der Waals surface area contributed by atoms with Gasteiger partial charge in [0.25, 0.3) is 0 Å². The number of benzene rings is 2. The van der Waals surface area contributed by atoms with Gasteiger partial charge in [-0.3, -0.25) is 0 Å². The van der Waals surface area contributed by atoms with Crippen molar-refractivity contribution >= 4 is 11.4 Å². The number of morpholine rings is 1. The van der Waals surface area contributed by atoms with Crippen LogP contribution >= 0.6 is 0 Å². The third-order valence-corrected chi connectivity index (χ3v) is 5.72. The number of ether oxygens (including phenoxy) is 1. The molecule has 0 amide bonds. The fourth-order valence-electron chi connectivity index (χ4n) is 4.39. The Kier molecular flexibility index (Phi) is 4.13. The predicted octanol–water partition coefficient (Wildman–Crippen LogP) is 4.28. The number of hydrogen-bond acceptors (Lipinski definition) is 4. The SMILES string of the molecule is Cc1cc(C)c2c(c1)-c1cc(C)nn1[C@H](c1ccc(N3CCOCC3)cc1)N2. The molecule has 1 saturated heterocycles. The summed E-state index contributed by atoms with van der Waals surface area (Å²) in [7, 11) is 0. The fourth-order valence-corrected chi connectivity index (χ4v) is 4.39. The minimum absolute atomic E-state index is 0.00338. The van der Waals surface area contributed by atoms with Crippen LogP contribution in [0.5, 0.6) is 0 Å². The molecule has 3 heterocycles. The molecule has 0 bridgehead atoms. The van der Waals surface area contributed by atoms with E-state index in [-0.39, 0.29) is 6.17 Å². The van der Waals surface area contributed by atoms with Crippen LogP contribution in [0.3, 0.4) is 0 Å². The first-order valence-electron chi connectivity index (χ1n) is 9.97. The maximum Gasteiger partial charge on any atom is 0.147 e. The van der Waals surface area contributed by atoms with Gasteiger partial charge in [0, 0.05) is 30.0 Å². The van der Waals surface area contributed by atoms with E-state index in [1.54, 1.807) is 0 Å². The normalized spacial score (nSPS) is 18.4. The maximum absolute atomic E-state index is 5.47. The van der Waals surface area contributed by atoms with E-state index >= 15 is 0 Å². The minimum Gasteiger partial charge on any atom is -0.378 e. The molecule has 2 aliphatic rings. The lowest BCUT2D eigenvalue weighted by Gasteiger charge is -2.32. The van der Waals surface area contributed by atoms with Crippen molar-refractivity contribution in [2.45, 2.75) is 26.9 Å². The molecule has 144 valence electrons. The Bertz CT molecular complexity index is 1020. The van der Waals surface area contributed by atoms with Crippen LogP contribution in [-0.4, -0.2) is 36.1 Å². The second kappa shape index (κ2) is 6.67. The zero-order valence-electron chi connectivity index (χ0n) is 16.7. The molecule has 1 aromatic heterocycles. The van der Waals surface area contributed by atoms with Gasteiger partial charge in [-0.15, -0.1) is 0 Å². The first-order chi connectivity index (χ1) is 13.6. The predicted molar refractivity (Wildman–Crippen MR) is 113 cm³/mol. The van der Waals surface area contributed by atoms with Crippen molar-refractivity contribution in [2.24, 2.45) is 0 Å². The summed E-state index contributed by atoms with van der Waals surface area (Å²) < 4.78 is 7.60. The lowest BCUT2D eigenvalue weighted by atomic mass is 9.98. The third kappa shape index (κ3) is 2.87. The zero-order chi connectivity index (χ0) is 19.3. The van der Waals surface area contributed by atoms with E-state index in [1.165, 1.54) is 39.3 Å². The highest BCUT2D eigenvalue weighted by atomic mass is 16.5. The van der Waals surface area contributed by atoms with Crippen molar-refractivity contribution in [2.75, 3.05) is 36.5 Å². The second-order valence-electron chi connectivity index (χ2n) is 7.86. The molecule has 2 aliphatic heterocycles. The smallest absolute Gasteiger partial charge is 0.147 e. The molecule has 5 heteroatoms. The van der Waals surface area contributed by atoms with Gasteiger partial charge in [-0.25, -0.2) is 4.68 Å². The molecule has 28 heavy (non-hydrogen) atoms. The molecular weight excluding hydrogens is 348 g/mol. The summed E-state index contributed by atoms with van der Waals surface area (Å²) in [5.74, 6) is 0. The van der Waals surface area contributed by atoms with Crippen LogP contribution in [0.2, 0.25) is 0 Å². The molecule has 1 atom stereocenters. The van der Waals surface area contributed by atoms with Gasteiger partial charge < -0.3 is 15.0 Å². The standard InChI is InChI=1S/C23H26N4O/c1-15-12-16(2)22-20(13-15)21-14-17(3)25-27(21)23(24-22)18-4-6-19(7-5-18)26-8-10-28-11-9-26/h4-7,12-14,23-24H,8-11H2,1-3H3/t23-/m1/s1. The van der Waals surface area contributed by atoms with Crippen LogP contribution in [-0.2, 0) is 4.74 Å². The second-order valence-corrected chi connectivity index (χ2v) is 7.86. The molecule has 2 aromatic carbocycles. The molecule has 5 rings (SSSR count). The van der Waals surface area contributed by atoms with Crippen LogP contribution in [0, 0.1) is 20.8 Å². The Balaban J connectivity index is 1.53. The van der Waals surface area contributed by atoms with Crippen LogP contribution in [0.4, 0.5) is 11.4 Å². The summed E-state index contributed by atoms with van der Waals surface area (Å²) in [6.45, 7) is 9.90. The van der Waals surface area contributed by atoms with Gasteiger partial charge in [-0.05, 0) is 56.2 Å². The lowest BCUT2D eigenvalue weighted by molar-refractivity contribution is 0.122. The number of fused-ring (bicyclic) bond motifs is 3. The molecular formula is C23H26N4O. The highest BCUT2D eigenvalue weighted by Crippen LogP contribution is 2.41. The molecule has 0 radical (unpaired) electrons. The Labute approximate surface area is 165 Å². The van der Waals surface area contributed by atoms with Crippen LogP contribution in [0.15, 0.2) is 42.5 Å². The van der Waals surface area contributed by atoms with Gasteiger partial charge in [0.2, 0.25) is 0 Å². The number of hydrogen-bond donors (Lipinski definition) is 1. The topological polar surface area (TPSA) is 42.3 Å². The van der Waals surface area contributed by atoms with E-state index < -0.39 is 0 Å². The molecule has 1 N–H and O–H groups in total. The molecule has 5 nitrogen and oxygen atoms in total. The molecule has 0 spiro atoms.